The summed E-state index contributed by atoms with van der Waals surface area (Å²) in [5.74, 6) is -0.796. The molecule has 0 aliphatic heterocycles. The molecule has 0 N–H and O–H groups in total. The molecule has 0 bridgehead atoms. The third-order valence-electron chi connectivity index (χ3n) is 3.66. The van der Waals surface area contributed by atoms with E-state index in [0.717, 1.165) is 15.8 Å². The molecule has 0 aliphatic rings. The van der Waals surface area contributed by atoms with Crippen molar-refractivity contribution in [2.75, 3.05) is 6.61 Å². The number of thiazole rings is 1. The molecule has 5 nitrogen and oxygen atoms in total. The molecular weight excluding hydrogens is 384 g/mol. The van der Waals surface area contributed by atoms with Gasteiger partial charge in [0.1, 0.15) is 6.54 Å². The van der Waals surface area contributed by atoms with Crippen molar-refractivity contribution in [3.8, 4) is 0 Å². The number of rotatable bonds is 5. The SMILES string of the molecule is CCOC(=O)Cn1c(=NC(=O)/C=C/c2ccccc2)sc2cc(Cl)ccc21. The van der Waals surface area contributed by atoms with Gasteiger partial charge < -0.3 is 9.30 Å². The van der Waals surface area contributed by atoms with Crippen LogP contribution in [0.25, 0.3) is 16.3 Å². The second-order valence-corrected chi connectivity index (χ2v) is 7.03. The maximum absolute atomic E-state index is 12.3. The standard InChI is InChI=1S/C20H17ClN2O3S/c1-2-26-19(25)13-23-16-10-9-15(21)12-17(16)27-20(23)22-18(24)11-8-14-6-4-3-5-7-14/h3-12H,2,13H2,1H3/b11-8+,22-20?. The topological polar surface area (TPSA) is 60.7 Å². The fourth-order valence-corrected chi connectivity index (χ4v) is 3.79. The number of aromatic nitrogens is 1. The van der Waals surface area contributed by atoms with E-state index in [-0.39, 0.29) is 12.5 Å². The molecule has 0 fully saturated rings. The third kappa shape index (κ3) is 4.93. The molecule has 1 aromatic heterocycles. The smallest absolute Gasteiger partial charge is 0.326 e. The largest absolute Gasteiger partial charge is 0.465 e. The highest BCUT2D eigenvalue weighted by atomic mass is 35.5. The van der Waals surface area contributed by atoms with Crippen LogP contribution in [0.4, 0.5) is 0 Å². The number of halogens is 1. The Hall–Kier alpha value is -2.70. The maximum atomic E-state index is 12.3. The van der Waals surface area contributed by atoms with Crippen LogP contribution in [0.1, 0.15) is 12.5 Å². The highest BCUT2D eigenvalue weighted by molar-refractivity contribution is 7.16. The summed E-state index contributed by atoms with van der Waals surface area (Å²) >= 11 is 7.35. The number of ether oxygens (including phenoxy) is 1. The third-order valence-corrected chi connectivity index (χ3v) is 4.94. The fourth-order valence-electron chi connectivity index (χ4n) is 2.48. The number of carbonyl (C=O) groups is 2. The predicted molar refractivity (Wildman–Crippen MR) is 108 cm³/mol. The number of esters is 1. The molecule has 1 heterocycles. The van der Waals surface area contributed by atoms with Crippen molar-refractivity contribution in [2.45, 2.75) is 13.5 Å². The first-order valence-electron chi connectivity index (χ1n) is 8.33. The van der Waals surface area contributed by atoms with E-state index < -0.39 is 5.91 Å². The lowest BCUT2D eigenvalue weighted by Crippen LogP contribution is -2.22. The number of carbonyl (C=O) groups excluding carboxylic acids is 2. The normalized spacial score (nSPS) is 12.0. The van der Waals surface area contributed by atoms with Crippen LogP contribution >= 0.6 is 22.9 Å². The van der Waals surface area contributed by atoms with Gasteiger partial charge in [-0.1, -0.05) is 53.3 Å². The molecule has 0 saturated heterocycles. The Morgan fingerprint density at radius 3 is 2.74 bits per heavy atom. The van der Waals surface area contributed by atoms with Crippen LogP contribution in [0.2, 0.25) is 5.02 Å². The number of hydrogen-bond donors (Lipinski definition) is 0. The van der Waals surface area contributed by atoms with E-state index in [2.05, 4.69) is 4.99 Å². The van der Waals surface area contributed by atoms with E-state index in [1.165, 1.54) is 17.4 Å². The predicted octanol–water partition coefficient (Wildman–Crippen LogP) is 4.06. The number of benzene rings is 2. The van der Waals surface area contributed by atoms with Crippen molar-refractivity contribution in [3.63, 3.8) is 0 Å². The van der Waals surface area contributed by atoms with Gasteiger partial charge in [0, 0.05) is 11.1 Å². The van der Waals surface area contributed by atoms with E-state index in [0.29, 0.717) is 16.4 Å². The summed E-state index contributed by atoms with van der Waals surface area (Å²) in [7, 11) is 0. The summed E-state index contributed by atoms with van der Waals surface area (Å²) in [6.07, 6.45) is 3.10. The van der Waals surface area contributed by atoms with Gasteiger partial charge in [-0.05, 0) is 36.8 Å². The monoisotopic (exact) mass is 400 g/mol. The van der Waals surface area contributed by atoms with Gasteiger partial charge in [-0.25, -0.2) is 0 Å². The van der Waals surface area contributed by atoms with Gasteiger partial charge in [-0.15, -0.1) is 0 Å². The minimum absolute atomic E-state index is 0.0238. The number of amides is 1. The minimum atomic E-state index is -0.408. The van der Waals surface area contributed by atoms with Gasteiger partial charge in [0.2, 0.25) is 0 Å². The van der Waals surface area contributed by atoms with E-state index in [4.69, 9.17) is 16.3 Å². The van der Waals surface area contributed by atoms with Crippen molar-refractivity contribution in [1.82, 2.24) is 4.57 Å². The molecule has 0 unspecified atom stereocenters. The Balaban J connectivity index is 1.98. The van der Waals surface area contributed by atoms with Gasteiger partial charge in [-0.3, -0.25) is 9.59 Å². The zero-order chi connectivity index (χ0) is 19.2. The van der Waals surface area contributed by atoms with Gasteiger partial charge >= 0.3 is 5.97 Å². The van der Waals surface area contributed by atoms with Crippen LogP contribution in [-0.4, -0.2) is 23.1 Å². The average Bonchev–Trinajstić information content (AvgIpc) is 2.97. The molecule has 0 aliphatic carbocycles. The van der Waals surface area contributed by atoms with Crippen molar-refractivity contribution < 1.29 is 14.3 Å². The van der Waals surface area contributed by atoms with Crippen molar-refractivity contribution in [1.29, 1.82) is 0 Å². The number of fused-ring (bicyclic) bond motifs is 1. The highest BCUT2D eigenvalue weighted by Crippen LogP contribution is 2.22. The molecule has 0 atom stereocenters. The molecule has 138 valence electrons. The van der Waals surface area contributed by atoms with Gasteiger partial charge in [0.15, 0.2) is 4.80 Å². The summed E-state index contributed by atoms with van der Waals surface area (Å²) < 4.78 is 7.54. The number of nitrogens with zero attached hydrogens (tertiary/aromatic N) is 2. The molecule has 0 radical (unpaired) electrons. The lowest BCUT2D eigenvalue weighted by Gasteiger charge is -2.04. The fraction of sp³-hybridized carbons (Fsp3) is 0.150. The second-order valence-electron chi connectivity index (χ2n) is 5.58. The minimum Gasteiger partial charge on any atom is -0.465 e. The Labute approximate surface area is 165 Å². The van der Waals surface area contributed by atoms with Crippen LogP contribution in [0.3, 0.4) is 0 Å². The summed E-state index contributed by atoms with van der Waals surface area (Å²) in [5.41, 5.74) is 1.68. The van der Waals surface area contributed by atoms with E-state index in [9.17, 15) is 9.59 Å². The second kappa shape index (κ2) is 8.79. The molecule has 3 aromatic rings. The van der Waals surface area contributed by atoms with E-state index in [1.54, 1.807) is 35.8 Å². The van der Waals surface area contributed by atoms with Crippen LogP contribution in [-0.2, 0) is 20.9 Å². The summed E-state index contributed by atoms with van der Waals surface area (Å²) in [4.78, 5) is 28.8. The van der Waals surface area contributed by atoms with Crippen molar-refractivity contribution in [3.05, 3.63) is 70.0 Å². The van der Waals surface area contributed by atoms with Crippen LogP contribution in [0, 0.1) is 0 Å². The zero-order valence-electron chi connectivity index (χ0n) is 14.6. The zero-order valence-corrected chi connectivity index (χ0v) is 16.2. The van der Waals surface area contributed by atoms with Crippen LogP contribution in [0.15, 0.2) is 59.6 Å². The Morgan fingerprint density at radius 2 is 2.00 bits per heavy atom. The quantitative estimate of drug-likeness (QED) is 0.479. The van der Waals surface area contributed by atoms with Crippen molar-refractivity contribution in [2.24, 2.45) is 4.99 Å². The molecule has 1 amide bonds. The molecule has 27 heavy (non-hydrogen) atoms. The average molecular weight is 401 g/mol. The summed E-state index contributed by atoms with van der Waals surface area (Å²) in [6, 6.07) is 14.8. The van der Waals surface area contributed by atoms with Crippen LogP contribution in [0.5, 0.6) is 0 Å². The Bertz CT molecular complexity index is 1070. The summed E-state index contributed by atoms with van der Waals surface area (Å²) in [6.45, 7) is 2.01. The lowest BCUT2D eigenvalue weighted by atomic mass is 10.2. The Morgan fingerprint density at radius 1 is 1.22 bits per heavy atom. The lowest BCUT2D eigenvalue weighted by molar-refractivity contribution is -0.143. The highest BCUT2D eigenvalue weighted by Gasteiger charge is 2.12. The molecule has 3 rings (SSSR count). The molecule has 0 spiro atoms. The molecule has 0 saturated carbocycles. The molecule has 2 aromatic carbocycles. The van der Waals surface area contributed by atoms with Crippen LogP contribution < -0.4 is 4.80 Å². The van der Waals surface area contributed by atoms with Crippen molar-refractivity contribution >= 4 is 51.1 Å². The molecular formula is C20H17ClN2O3S. The van der Waals surface area contributed by atoms with Gasteiger partial charge in [0.25, 0.3) is 5.91 Å². The van der Waals surface area contributed by atoms with Gasteiger partial charge in [-0.2, -0.15) is 4.99 Å². The van der Waals surface area contributed by atoms with E-state index >= 15 is 0 Å². The maximum Gasteiger partial charge on any atom is 0.326 e. The Kier molecular flexibility index (Phi) is 6.21. The molecule has 7 heteroatoms. The number of hydrogen-bond acceptors (Lipinski definition) is 4. The first kappa shape index (κ1) is 19.1. The first-order valence-corrected chi connectivity index (χ1v) is 9.52. The first-order chi connectivity index (χ1) is 13.1. The van der Waals surface area contributed by atoms with Gasteiger partial charge in [0.05, 0.1) is 16.8 Å². The van der Waals surface area contributed by atoms with E-state index in [1.807, 2.05) is 30.3 Å². The summed E-state index contributed by atoms with van der Waals surface area (Å²) in [5, 5.41) is 0.578.